The number of aliphatic imine (C=N–C) groups is 1. The van der Waals surface area contributed by atoms with Gasteiger partial charge in [0.1, 0.15) is 0 Å². The smallest absolute Gasteiger partial charge is 0.222 e. The normalized spacial score (nSPS) is 21.0. The van der Waals surface area contributed by atoms with Gasteiger partial charge in [0.05, 0.1) is 24.1 Å². The molecule has 2 aliphatic heterocycles. The van der Waals surface area contributed by atoms with E-state index >= 15 is 0 Å². The van der Waals surface area contributed by atoms with Crippen molar-refractivity contribution >= 4 is 51.4 Å². The number of anilines is 1. The van der Waals surface area contributed by atoms with Crippen LogP contribution in [0.4, 0.5) is 5.69 Å². The van der Waals surface area contributed by atoms with Crippen LogP contribution >= 0.6 is 24.0 Å². The Morgan fingerprint density at radius 1 is 1.28 bits per heavy atom. The summed E-state index contributed by atoms with van der Waals surface area (Å²) in [5.74, 6) is 0.702. The largest absolute Gasteiger partial charge is 0.372 e. The van der Waals surface area contributed by atoms with Crippen LogP contribution in [0.5, 0.6) is 0 Å². The fourth-order valence-corrected chi connectivity index (χ4v) is 5.73. The van der Waals surface area contributed by atoms with Crippen molar-refractivity contribution in [1.29, 1.82) is 0 Å². The fraction of sp³-hybridized carbons (Fsp3) is 0.636. The third-order valence-electron chi connectivity index (χ3n) is 5.75. The molecule has 0 radical (unpaired) electrons. The molecular formula is C22H36IN5O3S. The lowest BCUT2D eigenvalue weighted by Gasteiger charge is -2.22. The number of guanidine groups is 1. The molecule has 0 aromatic heterocycles. The average Bonchev–Trinajstić information content (AvgIpc) is 3.38. The van der Waals surface area contributed by atoms with Gasteiger partial charge in [0, 0.05) is 37.8 Å². The summed E-state index contributed by atoms with van der Waals surface area (Å²) < 4.78 is 23.0. The van der Waals surface area contributed by atoms with Gasteiger partial charge in [-0.2, -0.15) is 0 Å². The summed E-state index contributed by atoms with van der Waals surface area (Å²) in [5, 5.41) is 9.45. The van der Waals surface area contributed by atoms with Crippen molar-refractivity contribution in [2.75, 3.05) is 42.6 Å². The van der Waals surface area contributed by atoms with Crippen LogP contribution in [-0.2, 0) is 14.6 Å². The molecule has 180 valence electrons. The van der Waals surface area contributed by atoms with E-state index in [0.717, 1.165) is 19.6 Å². The number of nitrogens with one attached hydrogen (secondary N) is 3. The van der Waals surface area contributed by atoms with E-state index in [9.17, 15) is 13.2 Å². The first kappa shape index (κ1) is 26.7. The quantitative estimate of drug-likeness (QED) is 0.249. The Morgan fingerprint density at radius 2 is 2.03 bits per heavy atom. The fourth-order valence-electron chi connectivity index (χ4n) is 4.05. The first-order chi connectivity index (χ1) is 14.9. The molecule has 0 aliphatic carbocycles. The van der Waals surface area contributed by atoms with Crippen LogP contribution in [-0.4, -0.2) is 64.0 Å². The van der Waals surface area contributed by atoms with Crippen molar-refractivity contribution in [2.45, 2.75) is 51.6 Å². The summed E-state index contributed by atoms with van der Waals surface area (Å²) in [6.07, 6.45) is 3.22. The summed E-state index contributed by atoms with van der Waals surface area (Å²) in [5.41, 5.74) is 2.45. The Hall–Kier alpha value is -1.56. The molecular weight excluding hydrogens is 541 g/mol. The minimum absolute atomic E-state index is 0. The van der Waals surface area contributed by atoms with Crippen LogP contribution in [0.1, 0.15) is 51.1 Å². The zero-order chi connectivity index (χ0) is 22.3. The number of carbonyl (C=O) groups is 1. The zero-order valence-electron chi connectivity index (χ0n) is 19.0. The molecule has 1 amide bonds. The monoisotopic (exact) mass is 577 g/mol. The molecule has 2 heterocycles. The van der Waals surface area contributed by atoms with E-state index in [1.807, 2.05) is 6.92 Å². The van der Waals surface area contributed by atoms with Crippen molar-refractivity contribution in [3.8, 4) is 0 Å². The highest BCUT2D eigenvalue weighted by Crippen LogP contribution is 2.24. The van der Waals surface area contributed by atoms with E-state index in [4.69, 9.17) is 0 Å². The molecule has 2 aliphatic rings. The number of halogens is 1. The molecule has 3 N–H and O–H groups in total. The summed E-state index contributed by atoms with van der Waals surface area (Å²) in [4.78, 5) is 19.1. The van der Waals surface area contributed by atoms with E-state index in [0.29, 0.717) is 18.9 Å². The van der Waals surface area contributed by atoms with Crippen LogP contribution in [0.3, 0.4) is 0 Å². The summed E-state index contributed by atoms with van der Waals surface area (Å²) in [7, 11) is -3.00. The van der Waals surface area contributed by atoms with E-state index < -0.39 is 9.84 Å². The number of carbonyl (C=O) groups excluding carboxylic acids is 1. The topological polar surface area (TPSA) is 103 Å². The predicted molar refractivity (Wildman–Crippen MR) is 141 cm³/mol. The van der Waals surface area contributed by atoms with Gasteiger partial charge in [-0.05, 0) is 50.8 Å². The van der Waals surface area contributed by atoms with Crippen molar-refractivity contribution in [3.63, 3.8) is 0 Å². The lowest BCUT2D eigenvalue weighted by molar-refractivity contribution is -0.121. The first-order valence-electron chi connectivity index (χ1n) is 11.3. The Labute approximate surface area is 208 Å². The highest BCUT2D eigenvalue weighted by Gasteiger charge is 2.28. The second kappa shape index (κ2) is 12.6. The Balaban J connectivity index is 0.00000363. The van der Waals surface area contributed by atoms with E-state index in [1.165, 1.54) is 24.1 Å². The predicted octanol–water partition coefficient (Wildman–Crippen LogP) is 2.21. The molecule has 2 unspecified atom stereocenters. The lowest BCUT2D eigenvalue weighted by Crippen LogP contribution is -2.39. The molecule has 2 saturated heterocycles. The van der Waals surface area contributed by atoms with Crippen molar-refractivity contribution in [2.24, 2.45) is 4.99 Å². The molecule has 0 saturated carbocycles. The average molecular weight is 578 g/mol. The third-order valence-corrected chi connectivity index (χ3v) is 7.51. The standard InChI is InChI=1S/C22H35N5O3S.HI/c1-3-23-22(24-11-9-21(28)26-19-10-14-31(29,30)16-19)25-17(2)18-7-6-8-20(15-18)27-12-4-5-13-27;/h6-8,15,17,19H,3-5,9-14,16H2,1-2H3,(H,26,28)(H2,23,24,25);1H. The molecule has 1 aromatic carbocycles. The number of sulfone groups is 1. The molecule has 0 bridgehead atoms. The number of benzene rings is 1. The highest BCUT2D eigenvalue weighted by atomic mass is 127. The van der Waals surface area contributed by atoms with Gasteiger partial charge in [-0.15, -0.1) is 24.0 Å². The van der Waals surface area contributed by atoms with Crippen molar-refractivity contribution in [3.05, 3.63) is 29.8 Å². The van der Waals surface area contributed by atoms with Crippen LogP contribution in [0, 0.1) is 0 Å². The number of rotatable bonds is 8. The van der Waals surface area contributed by atoms with Crippen LogP contribution in [0.2, 0.25) is 0 Å². The second-order valence-electron chi connectivity index (χ2n) is 8.33. The number of nitrogens with zero attached hydrogens (tertiary/aromatic N) is 2. The maximum absolute atomic E-state index is 12.1. The first-order valence-corrected chi connectivity index (χ1v) is 13.1. The van der Waals surface area contributed by atoms with Gasteiger partial charge < -0.3 is 20.9 Å². The van der Waals surface area contributed by atoms with E-state index in [1.54, 1.807) is 0 Å². The number of hydrogen-bond acceptors (Lipinski definition) is 5. The third kappa shape index (κ3) is 8.09. The summed E-state index contributed by atoms with van der Waals surface area (Å²) >= 11 is 0. The van der Waals surface area contributed by atoms with Crippen molar-refractivity contribution in [1.82, 2.24) is 16.0 Å². The second-order valence-corrected chi connectivity index (χ2v) is 10.6. The summed E-state index contributed by atoms with van der Waals surface area (Å²) in [6.45, 7) is 7.39. The molecule has 3 rings (SSSR count). The Kier molecular flexibility index (Phi) is 10.5. The van der Waals surface area contributed by atoms with Crippen LogP contribution in [0.15, 0.2) is 29.3 Å². The molecule has 2 fully saturated rings. The lowest BCUT2D eigenvalue weighted by atomic mass is 10.1. The maximum Gasteiger partial charge on any atom is 0.222 e. The molecule has 32 heavy (non-hydrogen) atoms. The molecule has 10 heteroatoms. The summed E-state index contributed by atoms with van der Waals surface area (Å²) in [6, 6.07) is 8.40. The number of hydrogen-bond donors (Lipinski definition) is 3. The van der Waals surface area contributed by atoms with Crippen LogP contribution < -0.4 is 20.9 Å². The van der Waals surface area contributed by atoms with Gasteiger partial charge >= 0.3 is 0 Å². The van der Waals surface area contributed by atoms with Gasteiger partial charge in [-0.1, -0.05) is 12.1 Å². The maximum atomic E-state index is 12.1. The molecule has 1 aromatic rings. The zero-order valence-corrected chi connectivity index (χ0v) is 22.1. The van der Waals surface area contributed by atoms with Crippen LogP contribution in [0.25, 0.3) is 0 Å². The van der Waals surface area contributed by atoms with Gasteiger partial charge in [0.15, 0.2) is 15.8 Å². The van der Waals surface area contributed by atoms with Gasteiger partial charge in [-0.3, -0.25) is 9.79 Å². The van der Waals surface area contributed by atoms with E-state index in [2.05, 4.69) is 57.0 Å². The minimum atomic E-state index is -3.00. The number of amides is 1. The van der Waals surface area contributed by atoms with Gasteiger partial charge in [-0.25, -0.2) is 8.42 Å². The Morgan fingerprint density at radius 3 is 2.69 bits per heavy atom. The highest BCUT2D eigenvalue weighted by molar-refractivity contribution is 14.0. The van der Waals surface area contributed by atoms with Gasteiger partial charge in [0.2, 0.25) is 5.91 Å². The molecule has 0 spiro atoms. The van der Waals surface area contributed by atoms with E-state index in [-0.39, 0.29) is 59.9 Å². The minimum Gasteiger partial charge on any atom is -0.372 e. The Bertz CT molecular complexity index is 887. The molecule has 2 atom stereocenters. The SMILES string of the molecule is CCNC(=NCCC(=O)NC1CCS(=O)(=O)C1)NC(C)c1cccc(N2CCCC2)c1.I. The van der Waals surface area contributed by atoms with Gasteiger partial charge in [0.25, 0.3) is 0 Å². The van der Waals surface area contributed by atoms with Crippen molar-refractivity contribution < 1.29 is 13.2 Å². The molecule has 8 nitrogen and oxygen atoms in total.